The van der Waals surface area contributed by atoms with Crippen LogP contribution < -0.4 is 5.32 Å². The van der Waals surface area contributed by atoms with Crippen molar-refractivity contribution in [3.05, 3.63) is 81.6 Å². The molecule has 1 atom stereocenters. The molecule has 162 valence electrons. The lowest BCUT2D eigenvalue weighted by Crippen LogP contribution is -2.42. The second-order valence-electron chi connectivity index (χ2n) is 8.53. The highest BCUT2D eigenvalue weighted by atomic mass is 16.4. The van der Waals surface area contributed by atoms with Crippen molar-refractivity contribution in [3.63, 3.8) is 0 Å². The number of carbonyl (C=O) groups excluding carboxylic acids is 1. The Morgan fingerprint density at radius 3 is 2.48 bits per heavy atom. The molecule has 1 amide bonds. The van der Waals surface area contributed by atoms with E-state index in [1.807, 2.05) is 12.1 Å². The van der Waals surface area contributed by atoms with Gasteiger partial charge in [0.25, 0.3) is 0 Å². The SMILES string of the molecule is Cc1cc(C)c(CCNC(=O)CN2Cc3ccccc3CC2c2nnc(C)o2)c(C)c1. The van der Waals surface area contributed by atoms with E-state index in [1.54, 1.807) is 6.92 Å². The van der Waals surface area contributed by atoms with E-state index in [0.29, 0.717) is 31.4 Å². The van der Waals surface area contributed by atoms with Crippen LogP contribution in [0.25, 0.3) is 0 Å². The number of benzene rings is 2. The van der Waals surface area contributed by atoms with Crippen molar-refractivity contribution in [3.8, 4) is 0 Å². The Morgan fingerprint density at radius 1 is 1.10 bits per heavy atom. The van der Waals surface area contributed by atoms with Gasteiger partial charge in [-0.25, -0.2) is 0 Å². The minimum atomic E-state index is -0.0940. The summed E-state index contributed by atoms with van der Waals surface area (Å²) in [6.07, 6.45) is 1.59. The molecular formula is C25H30N4O2. The Kier molecular flexibility index (Phi) is 6.18. The first kappa shape index (κ1) is 21.2. The topological polar surface area (TPSA) is 71.3 Å². The number of aromatic nitrogens is 2. The van der Waals surface area contributed by atoms with E-state index in [4.69, 9.17) is 4.42 Å². The number of aryl methyl sites for hydroxylation is 4. The predicted octanol–water partition coefficient (Wildman–Crippen LogP) is 3.76. The van der Waals surface area contributed by atoms with Crippen LogP contribution in [0.4, 0.5) is 0 Å². The van der Waals surface area contributed by atoms with Gasteiger partial charge < -0.3 is 9.73 Å². The van der Waals surface area contributed by atoms with Gasteiger partial charge in [0.05, 0.1) is 12.6 Å². The van der Waals surface area contributed by atoms with Crippen molar-refractivity contribution in [2.24, 2.45) is 0 Å². The van der Waals surface area contributed by atoms with E-state index in [-0.39, 0.29) is 11.9 Å². The number of nitrogens with one attached hydrogen (secondary N) is 1. The van der Waals surface area contributed by atoms with Crippen molar-refractivity contribution in [2.75, 3.05) is 13.1 Å². The summed E-state index contributed by atoms with van der Waals surface area (Å²) in [6, 6.07) is 12.7. The lowest BCUT2D eigenvalue weighted by molar-refractivity contribution is -0.123. The Bertz CT molecular complexity index is 1070. The van der Waals surface area contributed by atoms with Gasteiger partial charge in [-0.3, -0.25) is 9.69 Å². The minimum absolute atomic E-state index is 0.0167. The first-order valence-electron chi connectivity index (χ1n) is 10.8. The molecule has 2 aromatic carbocycles. The van der Waals surface area contributed by atoms with Crippen LogP contribution >= 0.6 is 0 Å². The molecule has 31 heavy (non-hydrogen) atoms. The number of nitrogens with zero attached hydrogens (tertiary/aromatic N) is 3. The number of rotatable bonds is 6. The van der Waals surface area contributed by atoms with E-state index in [2.05, 4.69) is 65.5 Å². The van der Waals surface area contributed by atoms with Crippen molar-refractivity contribution in [2.45, 2.75) is 53.1 Å². The number of amides is 1. The fourth-order valence-corrected chi connectivity index (χ4v) is 4.60. The van der Waals surface area contributed by atoms with Gasteiger partial charge in [0.1, 0.15) is 0 Å². The monoisotopic (exact) mass is 418 g/mol. The van der Waals surface area contributed by atoms with Crippen molar-refractivity contribution in [1.82, 2.24) is 20.4 Å². The molecule has 0 spiro atoms. The highest BCUT2D eigenvalue weighted by Crippen LogP contribution is 2.32. The summed E-state index contributed by atoms with van der Waals surface area (Å²) in [4.78, 5) is 14.9. The number of carbonyl (C=O) groups is 1. The first-order chi connectivity index (χ1) is 14.9. The van der Waals surface area contributed by atoms with E-state index in [1.165, 1.54) is 33.4 Å². The van der Waals surface area contributed by atoms with Crippen LogP contribution in [0, 0.1) is 27.7 Å². The molecule has 0 saturated heterocycles. The van der Waals surface area contributed by atoms with Crippen LogP contribution in [0.15, 0.2) is 40.8 Å². The second kappa shape index (κ2) is 9.02. The quantitative estimate of drug-likeness (QED) is 0.660. The molecule has 6 heteroatoms. The standard InChI is InChI=1S/C25H30N4O2/c1-16-11-17(2)22(18(3)12-16)9-10-26-24(30)15-29-14-21-8-6-5-7-20(21)13-23(29)25-28-27-19(4)31-25/h5-8,11-12,23H,9-10,13-15H2,1-4H3,(H,26,30). The molecule has 1 aromatic heterocycles. The molecule has 1 aliphatic heterocycles. The third-order valence-corrected chi connectivity index (χ3v) is 6.06. The van der Waals surface area contributed by atoms with Gasteiger partial charge >= 0.3 is 0 Å². The molecule has 6 nitrogen and oxygen atoms in total. The van der Waals surface area contributed by atoms with Crippen LogP contribution in [-0.2, 0) is 24.2 Å². The highest BCUT2D eigenvalue weighted by Gasteiger charge is 2.32. The molecule has 0 bridgehead atoms. The van der Waals surface area contributed by atoms with Crippen molar-refractivity contribution < 1.29 is 9.21 Å². The summed E-state index contributed by atoms with van der Waals surface area (Å²) in [7, 11) is 0. The van der Waals surface area contributed by atoms with Crippen LogP contribution in [0.5, 0.6) is 0 Å². The third-order valence-electron chi connectivity index (χ3n) is 6.06. The maximum atomic E-state index is 12.8. The predicted molar refractivity (Wildman–Crippen MR) is 120 cm³/mol. The van der Waals surface area contributed by atoms with Gasteiger partial charge in [-0.2, -0.15) is 0 Å². The van der Waals surface area contributed by atoms with Gasteiger partial charge in [-0.15, -0.1) is 10.2 Å². The van der Waals surface area contributed by atoms with Crippen molar-refractivity contribution >= 4 is 5.91 Å². The van der Waals surface area contributed by atoms with Crippen LogP contribution in [-0.4, -0.2) is 34.1 Å². The van der Waals surface area contributed by atoms with Gasteiger partial charge in [-0.05, 0) is 61.4 Å². The summed E-state index contributed by atoms with van der Waals surface area (Å²) < 4.78 is 5.73. The third kappa shape index (κ3) is 4.85. The first-order valence-corrected chi connectivity index (χ1v) is 10.8. The Labute approximate surface area is 183 Å². The zero-order valence-corrected chi connectivity index (χ0v) is 18.7. The molecule has 0 aliphatic carbocycles. The van der Waals surface area contributed by atoms with Gasteiger partial charge in [0.15, 0.2) is 0 Å². The molecule has 4 rings (SSSR count). The highest BCUT2D eigenvalue weighted by molar-refractivity contribution is 5.78. The van der Waals surface area contributed by atoms with Gasteiger partial charge in [0.2, 0.25) is 17.7 Å². The molecule has 0 saturated carbocycles. The molecule has 0 fully saturated rings. The van der Waals surface area contributed by atoms with Crippen LogP contribution in [0.1, 0.15) is 51.2 Å². The number of fused-ring (bicyclic) bond motifs is 1. The molecule has 1 N–H and O–H groups in total. The molecule has 1 unspecified atom stereocenters. The van der Waals surface area contributed by atoms with E-state index in [9.17, 15) is 4.79 Å². The maximum absolute atomic E-state index is 12.8. The molecule has 3 aromatic rings. The number of hydrogen-bond donors (Lipinski definition) is 1. The molecule has 1 aliphatic rings. The lowest BCUT2D eigenvalue weighted by atomic mass is 9.94. The normalized spacial score (nSPS) is 16.2. The zero-order chi connectivity index (χ0) is 22.0. The Balaban J connectivity index is 1.42. The number of hydrogen-bond acceptors (Lipinski definition) is 5. The largest absolute Gasteiger partial charge is 0.424 e. The average molecular weight is 419 g/mol. The maximum Gasteiger partial charge on any atom is 0.234 e. The fourth-order valence-electron chi connectivity index (χ4n) is 4.60. The van der Waals surface area contributed by atoms with E-state index in [0.717, 1.165) is 12.8 Å². The Hall–Kier alpha value is -2.99. The summed E-state index contributed by atoms with van der Waals surface area (Å²) >= 11 is 0. The minimum Gasteiger partial charge on any atom is -0.424 e. The van der Waals surface area contributed by atoms with Crippen molar-refractivity contribution in [1.29, 1.82) is 0 Å². The molecule has 0 radical (unpaired) electrons. The summed E-state index contributed by atoms with van der Waals surface area (Å²) in [5.74, 6) is 1.14. The fraction of sp³-hybridized carbons (Fsp3) is 0.400. The average Bonchev–Trinajstić information content (AvgIpc) is 3.15. The Morgan fingerprint density at radius 2 is 1.81 bits per heavy atom. The lowest BCUT2D eigenvalue weighted by Gasteiger charge is -2.34. The van der Waals surface area contributed by atoms with Crippen LogP contribution in [0.2, 0.25) is 0 Å². The van der Waals surface area contributed by atoms with Crippen LogP contribution in [0.3, 0.4) is 0 Å². The summed E-state index contributed by atoms with van der Waals surface area (Å²) in [6.45, 7) is 9.79. The smallest absolute Gasteiger partial charge is 0.234 e. The molecular weight excluding hydrogens is 388 g/mol. The van der Waals surface area contributed by atoms with Gasteiger partial charge in [-0.1, -0.05) is 42.0 Å². The molecule has 2 heterocycles. The zero-order valence-electron chi connectivity index (χ0n) is 18.7. The van der Waals surface area contributed by atoms with E-state index < -0.39 is 0 Å². The summed E-state index contributed by atoms with van der Waals surface area (Å²) in [5, 5.41) is 11.3. The van der Waals surface area contributed by atoms with E-state index >= 15 is 0 Å². The van der Waals surface area contributed by atoms with Gasteiger partial charge in [0, 0.05) is 20.0 Å². The second-order valence-corrected chi connectivity index (χ2v) is 8.53. The summed E-state index contributed by atoms with van der Waals surface area (Å²) in [5.41, 5.74) is 7.67.